The van der Waals surface area contributed by atoms with Gasteiger partial charge in [0.05, 0.1) is 5.75 Å². The molecule has 0 amide bonds. The van der Waals surface area contributed by atoms with E-state index in [9.17, 15) is 8.42 Å². The molecule has 1 heterocycles. The zero-order chi connectivity index (χ0) is 18.4. The van der Waals surface area contributed by atoms with E-state index in [0.717, 1.165) is 16.9 Å². The van der Waals surface area contributed by atoms with Gasteiger partial charge in [-0.2, -0.15) is 0 Å². The van der Waals surface area contributed by atoms with Crippen LogP contribution in [0, 0.1) is 13.8 Å². The molecular weight excluding hydrogens is 338 g/mol. The summed E-state index contributed by atoms with van der Waals surface area (Å²) < 4.78 is 26.9. The Labute approximate surface area is 149 Å². The van der Waals surface area contributed by atoms with Crippen molar-refractivity contribution < 1.29 is 8.42 Å². The van der Waals surface area contributed by atoms with E-state index in [4.69, 9.17) is 0 Å². The summed E-state index contributed by atoms with van der Waals surface area (Å²) in [6.07, 6.45) is 0. The van der Waals surface area contributed by atoms with Gasteiger partial charge in [-0.1, -0.05) is 29.8 Å². The number of nitrogens with zero attached hydrogens (tertiary/aromatic N) is 3. The fraction of sp³-hybridized carbons (Fsp3) is 0.412. The molecule has 0 radical (unpaired) electrons. The number of rotatable bonds is 8. The highest BCUT2D eigenvalue weighted by molar-refractivity contribution is 7.88. The lowest BCUT2D eigenvalue weighted by atomic mass is 10.2. The van der Waals surface area contributed by atoms with Crippen molar-refractivity contribution in [2.24, 2.45) is 0 Å². The van der Waals surface area contributed by atoms with Crippen molar-refractivity contribution in [2.75, 3.05) is 37.4 Å². The molecule has 0 saturated heterocycles. The van der Waals surface area contributed by atoms with E-state index in [1.807, 2.05) is 63.2 Å². The molecule has 1 aromatic carbocycles. The quantitative estimate of drug-likeness (QED) is 0.694. The average molecular weight is 363 g/mol. The Hall–Kier alpha value is -2.19. The Balaban J connectivity index is 1.86. The van der Waals surface area contributed by atoms with Crippen LogP contribution < -0.4 is 14.9 Å². The molecule has 0 atom stereocenters. The molecule has 0 fully saturated rings. The van der Waals surface area contributed by atoms with Gasteiger partial charge in [-0.15, -0.1) is 0 Å². The van der Waals surface area contributed by atoms with Gasteiger partial charge in [0.2, 0.25) is 10.0 Å². The summed E-state index contributed by atoms with van der Waals surface area (Å²) in [4.78, 5) is 10.5. The topological polar surface area (TPSA) is 87.2 Å². The van der Waals surface area contributed by atoms with E-state index in [2.05, 4.69) is 20.0 Å². The van der Waals surface area contributed by atoms with E-state index in [0.29, 0.717) is 18.2 Å². The van der Waals surface area contributed by atoms with Crippen molar-refractivity contribution in [2.45, 2.75) is 19.6 Å². The van der Waals surface area contributed by atoms with Gasteiger partial charge in [0.15, 0.2) is 0 Å². The second-order valence-electron chi connectivity index (χ2n) is 6.12. The van der Waals surface area contributed by atoms with Crippen LogP contribution in [0.5, 0.6) is 0 Å². The van der Waals surface area contributed by atoms with E-state index >= 15 is 0 Å². The van der Waals surface area contributed by atoms with Crippen LogP contribution in [-0.2, 0) is 15.8 Å². The molecule has 0 aliphatic rings. The van der Waals surface area contributed by atoms with Crippen LogP contribution >= 0.6 is 0 Å². The number of nitrogens with one attached hydrogen (secondary N) is 2. The van der Waals surface area contributed by atoms with E-state index in [1.165, 1.54) is 0 Å². The second kappa shape index (κ2) is 8.26. The van der Waals surface area contributed by atoms with Crippen LogP contribution in [0.25, 0.3) is 0 Å². The minimum atomic E-state index is -3.37. The van der Waals surface area contributed by atoms with E-state index < -0.39 is 10.0 Å². The molecule has 0 unspecified atom stereocenters. The fourth-order valence-electron chi connectivity index (χ4n) is 2.34. The molecule has 0 saturated carbocycles. The lowest BCUT2D eigenvalue weighted by molar-refractivity contribution is 0.582. The van der Waals surface area contributed by atoms with Crippen molar-refractivity contribution in [1.82, 2.24) is 14.7 Å². The molecular formula is C17H25N5O2S. The highest BCUT2D eigenvalue weighted by atomic mass is 32.2. The van der Waals surface area contributed by atoms with Gasteiger partial charge in [0, 0.05) is 33.3 Å². The molecule has 0 bridgehead atoms. The first kappa shape index (κ1) is 19.1. The maximum Gasteiger partial charge on any atom is 0.215 e. The summed E-state index contributed by atoms with van der Waals surface area (Å²) >= 11 is 0. The van der Waals surface area contributed by atoms with Crippen LogP contribution in [0.4, 0.5) is 11.6 Å². The molecule has 7 nitrogen and oxygen atoms in total. The number of hydrogen-bond acceptors (Lipinski definition) is 6. The lowest BCUT2D eigenvalue weighted by Crippen LogP contribution is -2.30. The third-order valence-corrected chi connectivity index (χ3v) is 4.83. The SMILES string of the molecule is Cc1cccc(CS(=O)(=O)NCCNc2cc(N(C)C)nc(C)n2)c1. The highest BCUT2D eigenvalue weighted by Crippen LogP contribution is 2.13. The number of anilines is 2. The maximum atomic E-state index is 12.1. The van der Waals surface area contributed by atoms with Crippen molar-refractivity contribution in [3.63, 3.8) is 0 Å². The Morgan fingerprint density at radius 1 is 1.08 bits per heavy atom. The van der Waals surface area contributed by atoms with Crippen LogP contribution in [0.2, 0.25) is 0 Å². The third kappa shape index (κ3) is 6.32. The van der Waals surface area contributed by atoms with Crippen LogP contribution in [0.1, 0.15) is 17.0 Å². The summed E-state index contributed by atoms with van der Waals surface area (Å²) in [6, 6.07) is 9.33. The highest BCUT2D eigenvalue weighted by Gasteiger charge is 2.11. The first-order valence-electron chi connectivity index (χ1n) is 8.05. The largest absolute Gasteiger partial charge is 0.369 e. The zero-order valence-corrected chi connectivity index (χ0v) is 15.9. The minimum absolute atomic E-state index is 0.0218. The van der Waals surface area contributed by atoms with Crippen molar-refractivity contribution in [3.8, 4) is 0 Å². The van der Waals surface area contributed by atoms with Gasteiger partial charge < -0.3 is 10.2 Å². The summed E-state index contributed by atoms with van der Waals surface area (Å²) in [7, 11) is 0.449. The predicted molar refractivity (Wildman–Crippen MR) is 101 cm³/mol. The molecule has 0 aliphatic heterocycles. The Kier molecular flexibility index (Phi) is 6.33. The smallest absolute Gasteiger partial charge is 0.215 e. The number of benzene rings is 1. The van der Waals surface area contributed by atoms with Gasteiger partial charge in [-0.05, 0) is 19.4 Å². The normalized spacial score (nSPS) is 11.4. The summed E-state index contributed by atoms with van der Waals surface area (Å²) in [5, 5.41) is 3.12. The van der Waals surface area contributed by atoms with E-state index in [-0.39, 0.29) is 12.3 Å². The third-order valence-electron chi connectivity index (χ3n) is 3.47. The van der Waals surface area contributed by atoms with Gasteiger partial charge in [-0.25, -0.2) is 23.1 Å². The fourth-order valence-corrected chi connectivity index (χ4v) is 3.47. The molecule has 0 spiro atoms. The van der Waals surface area contributed by atoms with Crippen LogP contribution in [0.3, 0.4) is 0 Å². The van der Waals surface area contributed by atoms with E-state index in [1.54, 1.807) is 0 Å². The zero-order valence-electron chi connectivity index (χ0n) is 15.1. The molecule has 8 heteroatoms. The maximum absolute atomic E-state index is 12.1. The first-order chi connectivity index (χ1) is 11.7. The number of aryl methyl sites for hydroxylation is 2. The second-order valence-corrected chi connectivity index (χ2v) is 7.93. The minimum Gasteiger partial charge on any atom is -0.369 e. The Morgan fingerprint density at radius 2 is 1.84 bits per heavy atom. The molecule has 2 rings (SSSR count). The van der Waals surface area contributed by atoms with Gasteiger partial charge >= 0.3 is 0 Å². The predicted octanol–water partition coefficient (Wildman–Crippen LogP) is 1.69. The molecule has 0 aliphatic carbocycles. The monoisotopic (exact) mass is 363 g/mol. The number of hydrogen-bond donors (Lipinski definition) is 2. The standard InChI is InChI=1S/C17H25N5O2S/c1-13-6-5-7-15(10-13)12-25(23,24)19-9-8-18-16-11-17(22(3)4)21-14(2)20-16/h5-7,10-11,19H,8-9,12H2,1-4H3,(H,18,20,21). The molecule has 136 valence electrons. The van der Waals surface area contributed by atoms with Crippen molar-refractivity contribution >= 4 is 21.7 Å². The number of sulfonamides is 1. The summed E-state index contributed by atoms with van der Waals surface area (Å²) in [6.45, 7) is 4.49. The number of aromatic nitrogens is 2. The van der Waals surface area contributed by atoms with Crippen molar-refractivity contribution in [3.05, 3.63) is 47.3 Å². The Morgan fingerprint density at radius 3 is 2.52 bits per heavy atom. The first-order valence-corrected chi connectivity index (χ1v) is 9.70. The summed E-state index contributed by atoms with van der Waals surface area (Å²) in [5.41, 5.74) is 1.83. The average Bonchev–Trinajstić information content (AvgIpc) is 2.50. The van der Waals surface area contributed by atoms with Crippen molar-refractivity contribution in [1.29, 1.82) is 0 Å². The molecule has 2 N–H and O–H groups in total. The summed E-state index contributed by atoms with van der Waals surface area (Å²) in [5.74, 6) is 2.12. The molecule has 2 aromatic rings. The van der Waals surface area contributed by atoms with Gasteiger partial charge in [0.25, 0.3) is 0 Å². The molecule has 1 aromatic heterocycles. The lowest BCUT2D eigenvalue weighted by Gasteiger charge is -2.14. The molecule has 25 heavy (non-hydrogen) atoms. The Bertz CT molecular complexity index is 822. The van der Waals surface area contributed by atoms with Gasteiger partial charge in [-0.3, -0.25) is 0 Å². The van der Waals surface area contributed by atoms with Crippen LogP contribution in [-0.4, -0.2) is 45.6 Å². The van der Waals surface area contributed by atoms with Gasteiger partial charge in [0.1, 0.15) is 17.5 Å². The van der Waals surface area contributed by atoms with Crippen LogP contribution in [0.15, 0.2) is 30.3 Å².